The molecule has 2 N–H and O–H groups in total. The van der Waals surface area contributed by atoms with E-state index in [4.69, 9.17) is 9.47 Å². The molecule has 2 fully saturated rings. The third-order valence-electron chi connectivity index (χ3n) is 7.70. The van der Waals surface area contributed by atoms with Crippen molar-refractivity contribution in [2.75, 3.05) is 39.5 Å². The van der Waals surface area contributed by atoms with Gasteiger partial charge in [0.2, 0.25) is 5.91 Å². The van der Waals surface area contributed by atoms with Crippen LogP contribution in [0.25, 0.3) is 11.1 Å². The number of ether oxygens (including phenoxy) is 2. The Kier molecular flexibility index (Phi) is 6.01. The van der Waals surface area contributed by atoms with E-state index in [0.29, 0.717) is 26.1 Å². The van der Waals surface area contributed by atoms with Gasteiger partial charge >= 0.3 is 12.1 Å². The van der Waals surface area contributed by atoms with Crippen molar-refractivity contribution < 1.29 is 29.0 Å². The molecule has 2 aliphatic heterocycles. The third kappa shape index (κ3) is 4.16. The SMILES string of the molecule is CC1(C(=O)O)CN(C(=O)C2(CNC(=O)OCC3c4ccccc4-c4ccccc43)CCOCC2)C1. The average Bonchev–Trinajstić information content (AvgIpc) is 3.18. The molecule has 2 heterocycles. The van der Waals surface area contributed by atoms with E-state index in [1.54, 1.807) is 11.8 Å². The van der Waals surface area contributed by atoms with Crippen LogP contribution >= 0.6 is 0 Å². The molecule has 0 saturated carbocycles. The van der Waals surface area contributed by atoms with Gasteiger partial charge in [-0.05, 0) is 42.0 Å². The normalized spacial score (nSPS) is 19.7. The van der Waals surface area contributed by atoms with Gasteiger partial charge in [-0.3, -0.25) is 9.59 Å². The minimum absolute atomic E-state index is 0.0402. The fraction of sp³-hybridized carbons (Fsp3) is 0.444. The maximum absolute atomic E-state index is 13.4. The van der Waals surface area contributed by atoms with Crippen molar-refractivity contribution in [2.45, 2.75) is 25.7 Å². The highest BCUT2D eigenvalue weighted by atomic mass is 16.5. The van der Waals surface area contributed by atoms with Gasteiger partial charge in [-0.2, -0.15) is 0 Å². The maximum atomic E-state index is 13.4. The lowest BCUT2D eigenvalue weighted by Gasteiger charge is -2.49. The van der Waals surface area contributed by atoms with Crippen LogP contribution in [-0.2, 0) is 19.1 Å². The summed E-state index contributed by atoms with van der Waals surface area (Å²) in [6.45, 7) is 3.16. The number of amides is 2. The minimum Gasteiger partial charge on any atom is -0.481 e. The quantitative estimate of drug-likeness (QED) is 0.660. The van der Waals surface area contributed by atoms with Crippen LogP contribution < -0.4 is 5.32 Å². The standard InChI is InChI=1S/C27H30N2O6/c1-26(24(31)32)16-29(17-26)23(30)27(10-12-34-13-11-27)15-28-25(33)35-14-22-20-8-4-2-6-18(20)19-7-3-5-9-21(19)22/h2-9,22H,10-17H2,1H3,(H,28,33)(H,31,32). The van der Waals surface area contributed by atoms with Crippen LogP contribution in [-0.4, -0.2) is 67.4 Å². The molecular weight excluding hydrogens is 448 g/mol. The fourth-order valence-corrected chi connectivity index (χ4v) is 5.53. The van der Waals surface area contributed by atoms with Gasteiger partial charge in [0.25, 0.3) is 0 Å². The number of fused-ring (bicyclic) bond motifs is 3. The van der Waals surface area contributed by atoms with Crippen molar-refractivity contribution in [1.82, 2.24) is 10.2 Å². The monoisotopic (exact) mass is 478 g/mol. The molecule has 35 heavy (non-hydrogen) atoms. The molecule has 0 bridgehead atoms. The molecule has 8 nitrogen and oxygen atoms in total. The molecule has 8 heteroatoms. The van der Waals surface area contributed by atoms with Crippen LogP contribution in [0.5, 0.6) is 0 Å². The van der Waals surface area contributed by atoms with Crippen LogP contribution in [0.15, 0.2) is 48.5 Å². The lowest BCUT2D eigenvalue weighted by atomic mass is 9.74. The summed E-state index contributed by atoms with van der Waals surface area (Å²) >= 11 is 0. The number of carboxylic acid groups (broad SMARTS) is 1. The Hall–Kier alpha value is -3.39. The van der Waals surface area contributed by atoms with Gasteiger partial charge in [0, 0.05) is 38.8 Å². The highest BCUT2D eigenvalue weighted by Crippen LogP contribution is 2.44. The number of carbonyl (C=O) groups is 3. The Labute approximate surface area is 204 Å². The number of alkyl carbamates (subject to hydrolysis) is 1. The molecular formula is C27H30N2O6. The summed E-state index contributed by atoms with van der Waals surface area (Å²) in [6.07, 6.45) is 0.371. The molecule has 2 amide bonds. The van der Waals surface area contributed by atoms with Crippen molar-refractivity contribution in [2.24, 2.45) is 10.8 Å². The zero-order valence-electron chi connectivity index (χ0n) is 19.8. The second-order valence-electron chi connectivity index (χ2n) is 10.1. The lowest BCUT2D eigenvalue weighted by Crippen LogP contribution is -2.65. The number of hydrogen-bond acceptors (Lipinski definition) is 5. The molecule has 3 aliphatic rings. The number of carbonyl (C=O) groups excluding carboxylic acids is 2. The molecule has 0 aromatic heterocycles. The van der Waals surface area contributed by atoms with Crippen LogP contribution in [0.1, 0.15) is 36.8 Å². The summed E-state index contributed by atoms with van der Waals surface area (Å²) in [6, 6.07) is 16.3. The number of benzene rings is 2. The Morgan fingerprint density at radius 3 is 2.17 bits per heavy atom. The number of likely N-dealkylation sites (tertiary alicyclic amines) is 1. The molecule has 0 radical (unpaired) electrons. The van der Waals surface area contributed by atoms with Crippen molar-refractivity contribution in [3.8, 4) is 11.1 Å². The number of aliphatic carboxylic acids is 1. The molecule has 5 rings (SSSR count). The maximum Gasteiger partial charge on any atom is 0.407 e. The number of nitrogens with zero attached hydrogens (tertiary/aromatic N) is 1. The van der Waals surface area contributed by atoms with Gasteiger partial charge in [0.15, 0.2) is 0 Å². The zero-order valence-corrected chi connectivity index (χ0v) is 19.8. The highest BCUT2D eigenvalue weighted by molar-refractivity contribution is 5.87. The minimum atomic E-state index is -0.914. The predicted octanol–water partition coefficient (Wildman–Crippen LogP) is 3.26. The molecule has 2 aromatic carbocycles. The van der Waals surface area contributed by atoms with Crippen molar-refractivity contribution in [3.05, 3.63) is 59.7 Å². The summed E-state index contributed by atoms with van der Waals surface area (Å²) in [4.78, 5) is 39.1. The number of nitrogens with one attached hydrogen (secondary N) is 1. The van der Waals surface area contributed by atoms with Crippen LogP contribution in [0.3, 0.4) is 0 Å². The van der Waals surface area contributed by atoms with E-state index in [1.807, 2.05) is 24.3 Å². The first-order valence-corrected chi connectivity index (χ1v) is 12.0. The average molecular weight is 479 g/mol. The summed E-state index contributed by atoms with van der Waals surface area (Å²) < 4.78 is 11.1. The zero-order chi connectivity index (χ0) is 24.6. The van der Waals surface area contributed by atoms with E-state index in [0.717, 1.165) is 22.3 Å². The molecule has 0 unspecified atom stereocenters. The van der Waals surface area contributed by atoms with E-state index in [1.165, 1.54) is 0 Å². The summed E-state index contributed by atoms with van der Waals surface area (Å²) in [5.41, 5.74) is 2.86. The Bertz CT molecular complexity index is 1100. The van der Waals surface area contributed by atoms with E-state index in [-0.39, 0.29) is 38.1 Å². The Balaban J connectivity index is 1.22. The fourth-order valence-electron chi connectivity index (χ4n) is 5.53. The second kappa shape index (κ2) is 9.00. The van der Waals surface area contributed by atoms with Crippen molar-refractivity contribution in [3.63, 3.8) is 0 Å². The first-order valence-electron chi connectivity index (χ1n) is 12.0. The Morgan fingerprint density at radius 1 is 1.03 bits per heavy atom. The van der Waals surface area contributed by atoms with E-state index in [2.05, 4.69) is 29.6 Å². The van der Waals surface area contributed by atoms with Crippen LogP contribution in [0, 0.1) is 10.8 Å². The first-order chi connectivity index (χ1) is 16.8. The number of carboxylic acids is 1. The molecule has 184 valence electrons. The summed E-state index contributed by atoms with van der Waals surface area (Å²) in [5, 5.41) is 12.2. The highest BCUT2D eigenvalue weighted by Gasteiger charge is 2.52. The van der Waals surface area contributed by atoms with Gasteiger partial charge in [-0.1, -0.05) is 48.5 Å². The van der Waals surface area contributed by atoms with Crippen molar-refractivity contribution in [1.29, 1.82) is 0 Å². The van der Waals surface area contributed by atoms with Gasteiger partial charge in [-0.15, -0.1) is 0 Å². The molecule has 2 saturated heterocycles. The number of hydrogen-bond donors (Lipinski definition) is 2. The largest absolute Gasteiger partial charge is 0.481 e. The van der Waals surface area contributed by atoms with E-state index < -0.39 is 22.9 Å². The topological polar surface area (TPSA) is 105 Å². The molecule has 0 spiro atoms. The lowest BCUT2D eigenvalue weighted by molar-refractivity contribution is -0.171. The van der Waals surface area contributed by atoms with E-state index in [9.17, 15) is 19.5 Å². The van der Waals surface area contributed by atoms with Gasteiger partial charge in [0.1, 0.15) is 6.61 Å². The molecule has 1 aliphatic carbocycles. The van der Waals surface area contributed by atoms with Crippen LogP contribution in [0.4, 0.5) is 4.79 Å². The number of rotatable bonds is 6. The van der Waals surface area contributed by atoms with Gasteiger partial charge < -0.3 is 24.8 Å². The van der Waals surface area contributed by atoms with Crippen LogP contribution in [0.2, 0.25) is 0 Å². The summed E-state index contributed by atoms with van der Waals surface area (Å²) in [5.74, 6) is -1.07. The Morgan fingerprint density at radius 2 is 1.60 bits per heavy atom. The summed E-state index contributed by atoms with van der Waals surface area (Å²) in [7, 11) is 0. The smallest absolute Gasteiger partial charge is 0.407 e. The van der Waals surface area contributed by atoms with Gasteiger partial charge in [0.05, 0.1) is 10.8 Å². The first kappa shape index (κ1) is 23.4. The molecule has 0 atom stereocenters. The van der Waals surface area contributed by atoms with Gasteiger partial charge in [-0.25, -0.2) is 4.79 Å². The van der Waals surface area contributed by atoms with E-state index >= 15 is 0 Å². The third-order valence-corrected chi connectivity index (χ3v) is 7.70. The molecule has 2 aromatic rings. The second-order valence-corrected chi connectivity index (χ2v) is 10.1. The van der Waals surface area contributed by atoms with Crippen molar-refractivity contribution >= 4 is 18.0 Å². The predicted molar refractivity (Wildman–Crippen MR) is 128 cm³/mol.